The first kappa shape index (κ1) is 28.7. The molecule has 0 fully saturated rings. The zero-order valence-electron chi connectivity index (χ0n) is 21.6. The summed E-state index contributed by atoms with van der Waals surface area (Å²) in [6.07, 6.45) is 1.18. The van der Waals surface area contributed by atoms with Gasteiger partial charge in [-0.2, -0.15) is 0 Å². The average molecular weight is 505 g/mol. The van der Waals surface area contributed by atoms with Crippen LogP contribution in [0, 0.1) is 11.7 Å². The van der Waals surface area contributed by atoms with Gasteiger partial charge in [-0.25, -0.2) is 14.2 Å². The van der Waals surface area contributed by atoms with Crippen LogP contribution in [0.2, 0.25) is 0 Å². The van der Waals surface area contributed by atoms with Crippen molar-refractivity contribution in [3.8, 4) is 11.5 Å². The van der Waals surface area contributed by atoms with Crippen LogP contribution < -0.4 is 14.8 Å². The lowest BCUT2D eigenvalue weighted by molar-refractivity contribution is -0.159. The fourth-order valence-electron chi connectivity index (χ4n) is 3.69. The number of esters is 2. The van der Waals surface area contributed by atoms with Crippen LogP contribution in [0.3, 0.4) is 0 Å². The Morgan fingerprint density at radius 1 is 1.08 bits per heavy atom. The molecule has 1 amide bonds. The molecule has 1 N–H and O–H groups in total. The molecular weight excluding hydrogens is 471 g/mol. The number of hydrogen-bond donors (Lipinski definition) is 1. The molecule has 2 rings (SSSR count). The number of pyridine rings is 1. The number of halogens is 1. The van der Waals surface area contributed by atoms with Gasteiger partial charge in [0.05, 0.1) is 12.7 Å². The van der Waals surface area contributed by atoms with Gasteiger partial charge < -0.3 is 24.3 Å². The zero-order chi connectivity index (χ0) is 27.0. The van der Waals surface area contributed by atoms with Crippen molar-refractivity contribution in [2.24, 2.45) is 5.92 Å². The van der Waals surface area contributed by atoms with Crippen LogP contribution in [0.1, 0.15) is 50.7 Å². The Kier molecular flexibility index (Phi) is 9.92. The van der Waals surface area contributed by atoms with Gasteiger partial charge in [0.15, 0.2) is 11.4 Å². The molecule has 0 radical (unpaired) electrons. The maximum absolute atomic E-state index is 13.3. The van der Waals surface area contributed by atoms with Crippen LogP contribution in [-0.4, -0.2) is 54.8 Å². The van der Waals surface area contributed by atoms with E-state index in [0.717, 1.165) is 5.56 Å². The molecule has 1 aromatic carbocycles. The van der Waals surface area contributed by atoms with Crippen LogP contribution in [0.15, 0.2) is 36.5 Å². The number of hydrogen-bond acceptors (Lipinski definition) is 8. The smallest absolute Gasteiger partial charge is 0.328 e. The largest absolute Gasteiger partial charge is 0.493 e. The van der Waals surface area contributed by atoms with Crippen LogP contribution in [-0.2, 0) is 25.5 Å². The molecule has 3 atom stereocenters. The summed E-state index contributed by atoms with van der Waals surface area (Å²) >= 11 is 0. The van der Waals surface area contributed by atoms with E-state index in [0.29, 0.717) is 6.42 Å². The van der Waals surface area contributed by atoms with E-state index in [1.807, 2.05) is 13.8 Å². The first-order valence-corrected chi connectivity index (χ1v) is 11.4. The second-order valence-corrected chi connectivity index (χ2v) is 8.87. The van der Waals surface area contributed by atoms with E-state index in [9.17, 15) is 18.8 Å². The molecule has 0 unspecified atom stereocenters. The standard InChI is InChI=1S/C26H33FN2O7/c1-15(29-24(31)22-23(36-17(3)30)21(33-6)12-13-28-22)25(32)35-16(2)20(26(4,5)34-7)14-18-8-10-19(27)11-9-18/h8-13,15-16,20H,14H2,1-7H3,(H,29,31)/t15-,16-,20-/m0/s1. The summed E-state index contributed by atoms with van der Waals surface area (Å²) in [4.78, 5) is 41.2. The summed E-state index contributed by atoms with van der Waals surface area (Å²) in [7, 11) is 2.92. The number of carbonyl (C=O) groups is 3. The van der Waals surface area contributed by atoms with Gasteiger partial charge in [0.2, 0.25) is 5.75 Å². The highest BCUT2D eigenvalue weighted by molar-refractivity contribution is 5.98. The molecule has 1 heterocycles. The minimum atomic E-state index is -1.05. The Bertz CT molecular complexity index is 1070. The monoisotopic (exact) mass is 504 g/mol. The Morgan fingerprint density at radius 3 is 2.28 bits per heavy atom. The molecule has 0 saturated carbocycles. The van der Waals surface area contributed by atoms with Crippen molar-refractivity contribution < 1.29 is 37.7 Å². The third-order valence-electron chi connectivity index (χ3n) is 5.91. The molecule has 2 aromatic rings. The van der Waals surface area contributed by atoms with Crippen LogP contribution in [0.5, 0.6) is 11.5 Å². The van der Waals surface area contributed by atoms with Crippen molar-refractivity contribution >= 4 is 17.8 Å². The fraction of sp³-hybridized carbons (Fsp3) is 0.462. The summed E-state index contributed by atoms with van der Waals surface area (Å²) in [5.41, 5.74) is -0.0332. The van der Waals surface area contributed by atoms with Crippen molar-refractivity contribution in [2.45, 2.75) is 58.8 Å². The third kappa shape index (κ3) is 7.48. The Morgan fingerprint density at radius 2 is 1.72 bits per heavy atom. The van der Waals surface area contributed by atoms with E-state index in [1.54, 1.807) is 26.2 Å². The van der Waals surface area contributed by atoms with Crippen molar-refractivity contribution in [1.29, 1.82) is 0 Å². The van der Waals surface area contributed by atoms with Gasteiger partial charge in [-0.1, -0.05) is 12.1 Å². The lowest BCUT2D eigenvalue weighted by Gasteiger charge is -2.37. The summed E-state index contributed by atoms with van der Waals surface area (Å²) in [5.74, 6) is -2.72. The second kappa shape index (κ2) is 12.4. The maximum Gasteiger partial charge on any atom is 0.328 e. The second-order valence-electron chi connectivity index (χ2n) is 8.87. The Hall–Kier alpha value is -3.53. The molecule has 0 aliphatic heterocycles. The van der Waals surface area contributed by atoms with Crippen LogP contribution in [0.4, 0.5) is 4.39 Å². The number of nitrogens with zero attached hydrogens (tertiary/aromatic N) is 1. The minimum absolute atomic E-state index is 0.139. The highest BCUT2D eigenvalue weighted by Gasteiger charge is 2.37. The summed E-state index contributed by atoms with van der Waals surface area (Å²) in [6, 6.07) is 6.48. The number of benzene rings is 1. The molecule has 10 heteroatoms. The highest BCUT2D eigenvalue weighted by atomic mass is 19.1. The van der Waals surface area contributed by atoms with Crippen molar-refractivity contribution in [3.05, 3.63) is 53.6 Å². The summed E-state index contributed by atoms with van der Waals surface area (Å²) in [6.45, 7) is 8.14. The molecule has 0 saturated heterocycles. The first-order chi connectivity index (χ1) is 16.9. The number of nitrogens with one attached hydrogen (secondary N) is 1. The van der Waals surface area contributed by atoms with E-state index >= 15 is 0 Å². The summed E-state index contributed by atoms with van der Waals surface area (Å²) < 4.78 is 34.9. The van der Waals surface area contributed by atoms with Crippen molar-refractivity contribution in [3.63, 3.8) is 0 Å². The lowest BCUT2D eigenvalue weighted by atomic mass is 9.81. The minimum Gasteiger partial charge on any atom is -0.493 e. The highest BCUT2D eigenvalue weighted by Crippen LogP contribution is 2.31. The third-order valence-corrected chi connectivity index (χ3v) is 5.91. The molecule has 0 aliphatic rings. The predicted molar refractivity (Wildman–Crippen MR) is 129 cm³/mol. The number of rotatable bonds is 11. The van der Waals surface area contributed by atoms with Gasteiger partial charge >= 0.3 is 11.9 Å². The molecule has 9 nitrogen and oxygen atoms in total. The molecule has 1 aromatic heterocycles. The van der Waals surface area contributed by atoms with Gasteiger partial charge in [0.25, 0.3) is 5.91 Å². The summed E-state index contributed by atoms with van der Waals surface area (Å²) in [5, 5.41) is 2.52. The Balaban J connectivity index is 2.15. The SMILES string of the molecule is COc1ccnc(C(=O)N[C@@H](C)C(=O)O[C@@H](C)[C@H](Cc2ccc(F)cc2)C(C)(C)OC)c1OC(C)=O. The van der Waals surface area contributed by atoms with E-state index < -0.39 is 35.6 Å². The maximum atomic E-state index is 13.3. The van der Waals surface area contributed by atoms with Crippen LogP contribution in [0.25, 0.3) is 0 Å². The number of methoxy groups -OCH3 is 2. The quantitative estimate of drug-likeness (QED) is 0.463. The molecular formula is C26H33FN2O7. The van der Waals surface area contributed by atoms with Gasteiger partial charge in [-0.15, -0.1) is 0 Å². The van der Waals surface area contributed by atoms with Crippen molar-refractivity contribution in [2.75, 3.05) is 14.2 Å². The number of amides is 1. The molecule has 0 bridgehead atoms. The van der Waals surface area contributed by atoms with Gasteiger partial charge in [0.1, 0.15) is 18.0 Å². The topological polar surface area (TPSA) is 113 Å². The molecule has 0 spiro atoms. The van der Waals surface area contributed by atoms with E-state index in [4.69, 9.17) is 18.9 Å². The van der Waals surface area contributed by atoms with E-state index in [-0.39, 0.29) is 28.9 Å². The fourth-order valence-corrected chi connectivity index (χ4v) is 3.69. The molecule has 196 valence electrons. The van der Waals surface area contributed by atoms with Gasteiger partial charge in [-0.3, -0.25) is 9.59 Å². The first-order valence-electron chi connectivity index (χ1n) is 11.4. The average Bonchev–Trinajstić information content (AvgIpc) is 2.82. The van der Waals surface area contributed by atoms with E-state index in [1.165, 1.54) is 45.4 Å². The molecule has 0 aliphatic carbocycles. The van der Waals surface area contributed by atoms with Crippen molar-refractivity contribution in [1.82, 2.24) is 10.3 Å². The normalized spacial score (nSPS) is 13.8. The predicted octanol–water partition coefficient (Wildman–Crippen LogP) is 3.49. The van der Waals surface area contributed by atoms with Gasteiger partial charge in [-0.05, 0) is 51.8 Å². The lowest BCUT2D eigenvalue weighted by Crippen LogP contribution is -2.46. The Labute approximate surface area is 210 Å². The van der Waals surface area contributed by atoms with Crippen LogP contribution >= 0.6 is 0 Å². The van der Waals surface area contributed by atoms with E-state index in [2.05, 4.69) is 10.3 Å². The number of ether oxygens (including phenoxy) is 4. The molecule has 36 heavy (non-hydrogen) atoms. The number of aromatic nitrogens is 1. The zero-order valence-corrected chi connectivity index (χ0v) is 21.6. The van der Waals surface area contributed by atoms with Gasteiger partial charge in [0, 0.05) is 32.2 Å². The number of carbonyl (C=O) groups excluding carboxylic acids is 3.